The standard InChI is InChI=1S/C13H18ClN3O3/c1-9-6-10(7-11(14)16-9)13(19)17(2)8-12(18)15-4-5-20-3/h6-7H,4-5,8H2,1-3H3,(H,15,18). The van der Waals surface area contributed by atoms with Crippen LogP contribution in [0.1, 0.15) is 16.1 Å². The number of rotatable bonds is 6. The van der Waals surface area contributed by atoms with Crippen molar-refractivity contribution in [2.45, 2.75) is 6.92 Å². The molecule has 0 fully saturated rings. The van der Waals surface area contributed by atoms with E-state index >= 15 is 0 Å². The minimum Gasteiger partial charge on any atom is -0.383 e. The molecular formula is C13H18ClN3O3. The Morgan fingerprint density at radius 3 is 2.75 bits per heavy atom. The van der Waals surface area contributed by atoms with Gasteiger partial charge in [-0.2, -0.15) is 0 Å². The summed E-state index contributed by atoms with van der Waals surface area (Å²) in [6, 6.07) is 3.11. The summed E-state index contributed by atoms with van der Waals surface area (Å²) in [6.07, 6.45) is 0. The van der Waals surface area contributed by atoms with E-state index in [4.69, 9.17) is 16.3 Å². The van der Waals surface area contributed by atoms with Gasteiger partial charge in [-0.05, 0) is 19.1 Å². The first-order chi connectivity index (χ1) is 9.43. The molecule has 1 aromatic heterocycles. The molecule has 1 heterocycles. The number of nitrogens with one attached hydrogen (secondary N) is 1. The van der Waals surface area contributed by atoms with E-state index < -0.39 is 0 Å². The number of amides is 2. The Hall–Kier alpha value is -1.66. The lowest BCUT2D eigenvalue weighted by Crippen LogP contribution is -2.39. The van der Waals surface area contributed by atoms with Crippen LogP contribution in [0.25, 0.3) is 0 Å². The highest BCUT2D eigenvalue weighted by molar-refractivity contribution is 6.29. The molecule has 7 heteroatoms. The maximum atomic E-state index is 12.1. The molecule has 0 saturated heterocycles. The fraction of sp³-hybridized carbons (Fsp3) is 0.462. The Bertz CT molecular complexity index is 473. The fourth-order valence-electron chi connectivity index (χ4n) is 1.61. The minimum absolute atomic E-state index is 0.0263. The van der Waals surface area contributed by atoms with Gasteiger partial charge in [0.1, 0.15) is 5.15 Å². The van der Waals surface area contributed by atoms with E-state index in [2.05, 4.69) is 10.3 Å². The van der Waals surface area contributed by atoms with Crippen LogP contribution < -0.4 is 5.32 Å². The van der Waals surface area contributed by atoms with Crippen LogP contribution >= 0.6 is 11.6 Å². The number of hydrogen-bond acceptors (Lipinski definition) is 4. The zero-order chi connectivity index (χ0) is 15.1. The monoisotopic (exact) mass is 299 g/mol. The van der Waals surface area contributed by atoms with Crippen molar-refractivity contribution in [1.29, 1.82) is 0 Å². The van der Waals surface area contributed by atoms with Gasteiger partial charge in [0, 0.05) is 32.0 Å². The van der Waals surface area contributed by atoms with Gasteiger partial charge in [-0.3, -0.25) is 9.59 Å². The number of aromatic nitrogens is 1. The largest absolute Gasteiger partial charge is 0.383 e. The Kier molecular flexibility index (Phi) is 6.41. The van der Waals surface area contributed by atoms with E-state index in [-0.39, 0.29) is 23.5 Å². The van der Waals surface area contributed by atoms with Crippen molar-refractivity contribution in [2.75, 3.05) is 33.9 Å². The lowest BCUT2D eigenvalue weighted by molar-refractivity contribution is -0.121. The Morgan fingerprint density at radius 2 is 2.15 bits per heavy atom. The molecule has 0 bridgehead atoms. The molecule has 6 nitrogen and oxygen atoms in total. The smallest absolute Gasteiger partial charge is 0.254 e. The number of carbonyl (C=O) groups excluding carboxylic acids is 2. The van der Waals surface area contributed by atoms with Gasteiger partial charge in [-0.25, -0.2) is 4.98 Å². The lowest BCUT2D eigenvalue weighted by atomic mass is 10.2. The van der Waals surface area contributed by atoms with Crippen molar-refractivity contribution in [1.82, 2.24) is 15.2 Å². The molecule has 1 N–H and O–H groups in total. The Labute approximate surface area is 123 Å². The summed E-state index contributed by atoms with van der Waals surface area (Å²) in [5.41, 5.74) is 1.06. The molecule has 0 spiro atoms. The summed E-state index contributed by atoms with van der Waals surface area (Å²) >= 11 is 5.81. The van der Waals surface area contributed by atoms with Gasteiger partial charge in [-0.1, -0.05) is 11.6 Å². The molecule has 0 aliphatic rings. The highest BCUT2D eigenvalue weighted by Gasteiger charge is 2.15. The molecule has 0 unspecified atom stereocenters. The third-order valence-electron chi connectivity index (χ3n) is 2.52. The van der Waals surface area contributed by atoms with Crippen LogP contribution in [0.3, 0.4) is 0 Å². The van der Waals surface area contributed by atoms with Crippen LogP contribution in [0.4, 0.5) is 0 Å². The molecule has 2 amide bonds. The molecule has 0 aliphatic carbocycles. The van der Waals surface area contributed by atoms with Gasteiger partial charge in [0.05, 0.1) is 13.2 Å². The number of likely N-dealkylation sites (N-methyl/N-ethyl adjacent to an activating group) is 1. The molecule has 0 aliphatic heterocycles. The van der Waals surface area contributed by atoms with Crippen LogP contribution in [0.15, 0.2) is 12.1 Å². The zero-order valence-corrected chi connectivity index (χ0v) is 12.5. The normalized spacial score (nSPS) is 10.2. The maximum absolute atomic E-state index is 12.1. The number of nitrogens with zero attached hydrogens (tertiary/aromatic N) is 2. The molecule has 0 radical (unpaired) electrons. The Balaban J connectivity index is 2.60. The van der Waals surface area contributed by atoms with Crippen molar-refractivity contribution in [3.8, 4) is 0 Å². The van der Waals surface area contributed by atoms with Crippen LogP contribution in [-0.4, -0.2) is 55.6 Å². The van der Waals surface area contributed by atoms with Crippen molar-refractivity contribution in [3.05, 3.63) is 28.5 Å². The van der Waals surface area contributed by atoms with E-state index in [1.54, 1.807) is 27.1 Å². The molecule has 0 atom stereocenters. The fourth-order valence-corrected chi connectivity index (χ4v) is 1.86. The van der Waals surface area contributed by atoms with Gasteiger partial charge in [0.15, 0.2) is 0 Å². The highest BCUT2D eigenvalue weighted by Crippen LogP contribution is 2.12. The van der Waals surface area contributed by atoms with E-state index in [1.807, 2.05) is 0 Å². The first-order valence-corrected chi connectivity index (χ1v) is 6.47. The minimum atomic E-state index is -0.278. The SMILES string of the molecule is COCCNC(=O)CN(C)C(=O)c1cc(C)nc(Cl)c1. The summed E-state index contributed by atoms with van der Waals surface area (Å²) in [4.78, 5) is 29.1. The summed E-state index contributed by atoms with van der Waals surface area (Å²) in [7, 11) is 3.11. The first kappa shape index (κ1) is 16.4. The molecule has 1 rings (SSSR count). The lowest BCUT2D eigenvalue weighted by Gasteiger charge is -2.17. The number of carbonyl (C=O) groups is 2. The second-order valence-corrected chi connectivity index (χ2v) is 4.71. The van der Waals surface area contributed by atoms with Crippen molar-refractivity contribution in [2.24, 2.45) is 0 Å². The van der Waals surface area contributed by atoms with E-state index in [0.29, 0.717) is 24.4 Å². The number of halogens is 1. The number of methoxy groups -OCH3 is 1. The third kappa shape index (κ3) is 5.14. The van der Waals surface area contributed by atoms with Crippen LogP contribution in [-0.2, 0) is 9.53 Å². The highest BCUT2D eigenvalue weighted by atomic mass is 35.5. The molecule has 0 aromatic carbocycles. The average molecular weight is 300 g/mol. The quantitative estimate of drug-likeness (QED) is 0.625. The van der Waals surface area contributed by atoms with Crippen molar-refractivity contribution in [3.63, 3.8) is 0 Å². The Morgan fingerprint density at radius 1 is 1.45 bits per heavy atom. The van der Waals surface area contributed by atoms with E-state index in [1.165, 1.54) is 11.0 Å². The summed E-state index contributed by atoms with van der Waals surface area (Å²) in [6.45, 7) is 2.57. The van der Waals surface area contributed by atoms with E-state index in [0.717, 1.165) is 0 Å². The molecule has 20 heavy (non-hydrogen) atoms. The summed E-state index contributed by atoms with van der Waals surface area (Å²) in [5.74, 6) is -0.519. The molecule has 110 valence electrons. The van der Waals surface area contributed by atoms with Gasteiger partial charge in [0.2, 0.25) is 5.91 Å². The second kappa shape index (κ2) is 7.81. The van der Waals surface area contributed by atoms with Crippen molar-refractivity contribution >= 4 is 23.4 Å². The first-order valence-electron chi connectivity index (χ1n) is 6.09. The van der Waals surface area contributed by atoms with Crippen LogP contribution in [0.5, 0.6) is 0 Å². The topological polar surface area (TPSA) is 71.5 Å². The van der Waals surface area contributed by atoms with E-state index in [9.17, 15) is 9.59 Å². The van der Waals surface area contributed by atoms with Gasteiger partial charge in [0.25, 0.3) is 5.91 Å². The predicted octanol–water partition coefficient (Wildman–Crippen LogP) is 0.878. The molecular weight excluding hydrogens is 282 g/mol. The van der Waals surface area contributed by atoms with Crippen LogP contribution in [0.2, 0.25) is 5.15 Å². The summed E-state index contributed by atoms with van der Waals surface area (Å²) in [5, 5.41) is 2.90. The van der Waals surface area contributed by atoms with Gasteiger partial charge in [-0.15, -0.1) is 0 Å². The zero-order valence-electron chi connectivity index (χ0n) is 11.8. The van der Waals surface area contributed by atoms with Crippen molar-refractivity contribution < 1.29 is 14.3 Å². The summed E-state index contributed by atoms with van der Waals surface area (Å²) < 4.78 is 4.82. The predicted molar refractivity (Wildman–Crippen MR) is 75.8 cm³/mol. The van der Waals surface area contributed by atoms with Gasteiger partial charge >= 0.3 is 0 Å². The second-order valence-electron chi connectivity index (χ2n) is 4.32. The molecule has 1 aromatic rings. The number of ether oxygens (including phenoxy) is 1. The number of hydrogen-bond donors (Lipinski definition) is 1. The maximum Gasteiger partial charge on any atom is 0.254 e. The van der Waals surface area contributed by atoms with Gasteiger partial charge < -0.3 is 15.0 Å². The number of aryl methyl sites for hydroxylation is 1. The average Bonchev–Trinajstić information content (AvgIpc) is 2.36. The number of pyridine rings is 1. The third-order valence-corrected chi connectivity index (χ3v) is 2.72. The van der Waals surface area contributed by atoms with Crippen LogP contribution in [0, 0.1) is 6.92 Å². The molecule has 0 saturated carbocycles.